The topological polar surface area (TPSA) is 54.4 Å². The lowest BCUT2D eigenvalue weighted by molar-refractivity contribution is 0.0696. The SMILES string of the molecule is O=C(O)c1ccc(F)c(S(=O)Cc2ccc(Cl)s2)c1. The monoisotopic (exact) mass is 318 g/mol. The third-order valence-corrected chi connectivity index (χ3v) is 5.12. The molecule has 0 bridgehead atoms. The molecule has 2 rings (SSSR count). The largest absolute Gasteiger partial charge is 0.478 e. The summed E-state index contributed by atoms with van der Waals surface area (Å²) >= 11 is 7.02. The number of carboxylic acid groups (broad SMARTS) is 1. The summed E-state index contributed by atoms with van der Waals surface area (Å²) in [6.07, 6.45) is 0. The van der Waals surface area contributed by atoms with E-state index in [-0.39, 0.29) is 16.2 Å². The van der Waals surface area contributed by atoms with Crippen molar-refractivity contribution in [1.82, 2.24) is 0 Å². The zero-order chi connectivity index (χ0) is 14.0. The van der Waals surface area contributed by atoms with Crippen molar-refractivity contribution < 1.29 is 18.5 Å². The molecule has 0 fully saturated rings. The number of aromatic carboxylic acids is 1. The minimum atomic E-state index is -1.65. The molecule has 0 aliphatic carbocycles. The van der Waals surface area contributed by atoms with Gasteiger partial charge in [0, 0.05) is 4.88 Å². The van der Waals surface area contributed by atoms with Gasteiger partial charge < -0.3 is 5.11 Å². The molecule has 0 aliphatic rings. The van der Waals surface area contributed by atoms with Crippen LogP contribution in [-0.2, 0) is 16.6 Å². The van der Waals surface area contributed by atoms with Crippen molar-refractivity contribution in [3.05, 3.63) is 50.9 Å². The Bertz CT molecular complexity index is 654. The van der Waals surface area contributed by atoms with E-state index in [1.54, 1.807) is 12.1 Å². The van der Waals surface area contributed by atoms with E-state index >= 15 is 0 Å². The van der Waals surface area contributed by atoms with Gasteiger partial charge in [0.2, 0.25) is 0 Å². The number of thiophene rings is 1. The molecule has 1 aromatic heterocycles. The molecule has 0 saturated carbocycles. The Labute approximate surface area is 120 Å². The van der Waals surface area contributed by atoms with Crippen molar-refractivity contribution in [3.63, 3.8) is 0 Å². The molecular weight excluding hydrogens is 311 g/mol. The fraction of sp³-hybridized carbons (Fsp3) is 0.0833. The summed E-state index contributed by atoms with van der Waals surface area (Å²) in [4.78, 5) is 11.5. The first-order valence-corrected chi connectivity index (χ1v) is 7.64. The second-order valence-electron chi connectivity index (χ2n) is 3.65. The van der Waals surface area contributed by atoms with E-state index in [0.29, 0.717) is 4.34 Å². The Morgan fingerprint density at radius 1 is 1.37 bits per heavy atom. The summed E-state index contributed by atoms with van der Waals surface area (Å²) in [6.45, 7) is 0. The molecule has 0 aliphatic heterocycles. The van der Waals surface area contributed by atoms with Gasteiger partial charge in [-0.1, -0.05) is 11.6 Å². The van der Waals surface area contributed by atoms with E-state index in [4.69, 9.17) is 16.7 Å². The lowest BCUT2D eigenvalue weighted by Crippen LogP contribution is -2.03. The first kappa shape index (κ1) is 14.2. The smallest absolute Gasteiger partial charge is 0.335 e. The van der Waals surface area contributed by atoms with Crippen molar-refractivity contribution >= 4 is 39.7 Å². The molecule has 1 heterocycles. The number of benzene rings is 1. The van der Waals surface area contributed by atoms with Gasteiger partial charge in [0.05, 0.1) is 31.3 Å². The van der Waals surface area contributed by atoms with E-state index in [2.05, 4.69) is 0 Å². The van der Waals surface area contributed by atoms with Crippen LogP contribution in [0, 0.1) is 5.82 Å². The van der Waals surface area contributed by atoms with Crippen LogP contribution in [0.1, 0.15) is 15.2 Å². The van der Waals surface area contributed by atoms with Crippen LogP contribution >= 0.6 is 22.9 Å². The molecule has 2 aromatic rings. The van der Waals surface area contributed by atoms with Gasteiger partial charge in [0.15, 0.2) is 0 Å². The van der Waals surface area contributed by atoms with E-state index in [0.717, 1.165) is 23.1 Å². The van der Waals surface area contributed by atoms with Crippen LogP contribution in [0.15, 0.2) is 35.2 Å². The van der Waals surface area contributed by atoms with Crippen molar-refractivity contribution in [2.24, 2.45) is 0 Å². The minimum absolute atomic E-state index is 0.0889. The Morgan fingerprint density at radius 3 is 2.68 bits per heavy atom. The molecule has 100 valence electrons. The quantitative estimate of drug-likeness (QED) is 0.938. The summed E-state index contributed by atoms with van der Waals surface area (Å²) < 4.78 is 26.2. The van der Waals surface area contributed by atoms with E-state index in [9.17, 15) is 13.4 Å². The lowest BCUT2D eigenvalue weighted by atomic mass is 10.2. The van der Waals surface area contributed by atoms with Crippen LogP contribution in [-0.4, -0.2) is 15.3 Å². The van der Waals surface area contributed by atoms with E-state index < -0.39 is 22.6 Å². The summed E-state index contributed by atoms with van der Waals surface area (Å²) in [5, 5.41) is 8.84. The number of rotatable bonds is 4. The predicted octanol–water partition coefficient (Wildman–Crippen LogP) is 3.55. The van der Waals surface area contributed by atoms with Crippen LogP contribution in [0.2, 0.25) is 4.34 Å². The maximum atomic E-state index is 13.6. The van der Waals surface area contributed by atoms with E-state index in [1.807, 2.05) is 0 Å². The third-order valence-electron chi connectivity index (χ3n) is 2.33. The van der Waals surface area contributed by atoms with Crippen LogP contribution in [0.4, 0.5) is 4.39 Å². The molecule has 0 saturated heterocycles. The third kappa shape index (κ3) is 3.40. The maximum absolute atomic E-state index is 13.6. The molecule has 0 radical (unpaired) electrons. The van der Waals surface area contributed by atoms with Gasteiger partial charge in [0.25, 0.3) is 0 Å². The standard InChI is InChI=1S/C12H8ClFO3S2/c13-11-4-2-8(18-11)6-19(17)10-5-7(12(15)16)1-3-9(10)14/h1-5H,6H2,(H,15,16). The van der Waals surface area contributed by atoms with Crippen LogP contribution in [0.25, 0.3) is 0 Å². The molecule has 1 N–H and O–H groups in total. The van der Waals surface area contributed by atoms with Gasteiger partial charge in [-0.3, -0.25) is 4.21 Å². The fourth-order valence-corrected chi connectivity index (χ4v) is 3.94. The highest BCUT2D eigenvalue weighted by atomic mass is 35.5. The Morgan fingerprint density at radius 2 is 2.11 bits per heavy atom. The Balaban J connectivity index is 2.27. The minimum Gasteiger partial charge on any atom is -0.478 e. The number of halogens is 2. The number of hydrogen-bond donors (Lipinski definition) is 1. The van der Waals surface area contributed by atoms with E-state index in [1.165, 1.54) is 11.3 Å². The van der Waals surface area contributed by atoms with Gasteiger partial charge in [-0.2, -0.15) is 0 Å². The zero-order valence-electron chi connectivity index (χ0n) is 9.43. The van der Waals surface area contributed by atoms with Crippen LogP contribution in [0.5, 0.6) is 0 Å². The summed E-state index contributed by atoms with van der Waals surface area (Å²) in [5.41, 5.74) is -0.0889. The Hall–Kier alpha value is -1.24. The average molecular weight is 319 g/mol. The molecule has 0 amide bonds. The molecule has 1 aromatic carbocycles. The van der Waals surface area contributed by atoms with Crippen molar-refractivity contribution in [2.75, 3.05) is 0 Å². The predicted molar refractivity (Wildman–Crippen MR) is 72.8 cm³/mol. The van der Waals surface area contributed by atoms with Gasteiger partial charge in [-0.05, 0) is 30.3 Å². The average Bonchev–Trinajstić information content (AvgIpc) is 2.74. The normalized spacial score (nSPS) is 12.3. The van der Waals surface area contributed by atoms with Crippen LogP contribution in [0.3, 0.4) is 0 Å². The zero-order valence-corrected chi connectivity index (χ0v) is 11.8. The summed E-state index contributed by atoms with van der Waals surface area (Å²) in [5.74, 6) is -1.75. The first-order chi connectivity index (χ1) is 8.97. The van der Waals surface area contributed by atoms with Crippen molar-refractivity contribution in [2.45, 2.75) is 10.6 Å². The van der Waals surface area contributed by atoms with Crippen LogP contribution < -0.4 is 0 Å². The van der Waals surface area contributed by atoms with Crippen molar-refractivity contribution in [1.29, 1.82) is 0 Å². The highest BCUT2D eigenvalue weighted by molar-refractivity contribution is 7.84. The fourth-order valence-electron chi connectivity index (χ4n) is 1.45. The molecule has 1 atom stereocenters. The number of hydrogen-bond acceptors (Lipinski definition) is 3. The van der Waals surface area contributed by atoms with Gasteiger partial charge in [-0.25, -0.2) is 9.18 Å². The molecule has 19 heavy (non-hydrogen) atoms. The number of carboxylic acids is 1. The maximum Gasteiger partial charge on any atom is 0.335 e. The Kier molecular flexibility index (Phi) is 4.34. The van der Waals surface area contributed by atoms with Crippen molar-refractivity contribution in [3.8, 4) is 0 Å². The van der Waals surface area contributed by atoms with Gasteiger partial charge >= 0.3 is 5.97 Å². The molecule has 1 unspecified atom stereocenters. The van der Waals surface area contributed by atoms with Gasteiger partial charge in [0.1, 0.15) is 5.82 Å². The van der Waals surface area contributed by atoms with Gasteiger partial charge in [-0.15, -0.1) is 11.3 Å². The second-order valence-corrected chi connectivity index (χ2v) is 6.87. The summed E-state index contributed by atoms with van der Waals surface area (Å²) in [6, 6.07) is 6.63. The molecule has 7 heteroatoms. The molecular formula is C12H8ClFO3S2. The highest BCUT2D eigenvalue weighted by Crippen LogP contribution is 2.25. The summed E-state index contributed by atoms with van der Waals surface area (Å²) in [7, 11) is -1.65. The lowest BCUT2D eigenvalue weighted by Gasteiger charge is -2.04. The molecule has 3 nitrogen and oxygen atoms in total. The number of carbonyl (C=O) groups is 1. The second kappa shape index (κ2) is 5.81. The molecule has 0 spiro atoms. The highest BCUT2D eigenvalue weighted by Gasteiger charge is 2.15. The first-order valence-electron chi connectivity index (χ1n) is 5.13.